The Bertz CT molecular complexity index is 1250. The van der Waals surface area contributed by atoms with Crippen molar-refractivity contribution in [1.29, 1.82) is 0 Å². The Morgan fingerprint density at radius 3 is 2.12 bits per heavy atom. The molecule has 2 aromatic carbocycles. The number of hydrogen-bond donors (Lipinski definition) is 1. The Balaban J connectivity index is 1.75. The smallest absolute Gasteiger partial charge is 0.406 e. The fourth-order valence-corrected chi connectivity index (χ4v) is 5.03. The van der Waals surface area contributed by atoms with E-state index < -0.39 is 47.5 Å². The Kier molecular flexibility index (Phi) is 4.99. The number of hydrogen-bond acceptors (Lipinski definition) is 4. The van der Waals surface area contributed by atoms with Crippen LogP contribution >= 0.6 is 0 Å². The number of aromatic hydroxyl groups is 1. The molecule has 5 rings (SSSR count). The van der Waals surface area contributed by atoms with Crippen molar-refractivity contribution in [3.8, 4) is 5.75 Å². The summed E-state index contributed by atoms with van der Waals surface area (Å²) in [4.78, 5) is 25.6. The third-order valence-corrected chi connectivity index (χ3v) is 6.40. The van der Waals surface area contributed by atoms with Crippen molar-refractivity contribution in [2.24, 2.45) is 0 Å². The maximum atomic E-state index is 13.3. The fraction of sp³-hybridized carbons (Fsp3) is 0.292. The van der Waals surface area contributed by atoms with Crippen molar-refractivity contribution in [3.05, 3.63) is 92.9 Å². The average Bonchev–Trinajstić information content (AvgIpc) is 2.94. The first-order valence-corrected chi connectivity index (χ1v) is 10.6. The van der Waals surface area contributed by atoms with Crippen LogP contribution in [-0.2, 0) is 12.8 Å². The minimum atomic E-state index is -4.64. The van der Waals surface area contributed by atoms with Crippen molar-refractivity contribution < 1.29 is 23.1 Å². The van der Waals surface area contributed by atoms with Gasteiger partial charge < -0.3 is 10.0 Å². The van der Waals surface area contributed by atoms with E-state index in [9.17, 15) is 27.9 Å². The van der Waals surface area contributed by atoms with E-state index in [4.69, 9.17) is 0 Å². The number of carbonyl (C=O) groups is 1. The van der Waals surface area contributed by atoms with Crippen molar-refractivity contribution in [1.82, 2.24) is 14.7 Å². The van der Waals surface area contributed by atoms with Gasteiger partial charge in [-0.15, -0.1) is 0 Å². The lowest BCUT2D eigenvalue weighted by molar-refractivity contribution is -0.142. The lowest BCUT2D eigenvalue weighted by Gasteiger charge is -2.39. The van der Waals surface area contributed by atoms with Crippen LogP contribution in [0.5, 0.6) is 5.75 Å². The number of aryl methyl sites for hydroxylation is 2. The van der Waals surface area contributed by atoms with Gasteiger partial charge in [0.25, 0.3) is 5.91 Å². The highest BCUT2D eigenvalue weighted by molar-refractivity contribution is 5.95. The Morgan fingerprint density at radius 2 is 1.55 bits per heavy atom. The van der Waals surface area contributed by atoms with E-state index in [0.717, 1.165) is 41.3 Å². The predicted octanol–water partition coefficient (Wildman–Crippen LogP) is 3.44. The second-order valence-corrected chi connectivity index (χ2v) is 8.39. The molecule has 0 bridgehead atoms. The molecule has 2 aliphatic rings. The number of fused-ring (bicyclic) bond motifs is 3. The van der Waals surface area contributed by atoms with Crippen LogP contribution in [0.3, 0.4) is 0 Å². The molecule has 0 spiro atoms. The standard InChI is InChI=1S/C24H20F3N3O3/c25-24(26,27)13-29-12-18(30-21(23(29)33)22(32)19(31)11-28-30)20-16-7-3-1-5-14(16)9-10-15-6-2-4-8-17(15)20/h1-8,11,18,20,32H,9-10,12-13H2. The van der Waals surface area contributed by atoms with Gasteiger partial charge in [-0.25, -0.2) is 0 Å². The van der Waals surface area contributed by atoms with Crippen molar-refractivity contribution in [3.63, 3.8) is 0 Å². The molecule has 2 heterocycles. The van der Waals surface area contributed by atoms with Gasteiger partial charge in [0.15, 0.2) is 11.4 Å². The highest BCUT2D eigenvalue weighted by atomic mass is 19.4. The van der Waals surface area contributed by atoms with E-state index in [0.29, 0.717) is 4.90 Å². The highest BCUT2D eigenvalue weighted by Gasteiger charge is 2.44. The van der Waals surface area contributed by atoms with Gasteiger partial charge in [-0.3, -0.25) is 14.3 Å². The number of carbonyl (C=O) groups excluding carboxylic acids is 1. The molecule has 0 radical (unpaired) electrons. The molecule has 1 aliphatic carbocycles. The molecule has 33 heavy (non-hydrogen) atoms. The van der Waals surface area contributed by atoms with Crippen LogP contribution in [0.4, 0.5) is 13.2 Å². The number of alkyl halides is 3. The summed E-state index contributed by atoms with van der Waals surface area (Å²) < 4.78 is 41.3. The molecule has 1 aliphatic heterocycles. The summed E-state index contributed by atoms with van der Waals surface area (Å²) in [6.07, 6.45) is -2.22. The number of rotatable bonds is 2. The van der Waals surface area contributed by atoms with Crippen LogP contribution in [0.15, 0.2) is 59.5 Å². The van der Waals surface area contributed by atoms with Crippen LogP contribution in [0, 0.1) is 0 Å². The summed E-state index contributed by atoms with van der Waals surface area (Å²) in [5.74, 6) is -2.39. The van der Waals surface area contributed by atoms with Crippen molar-refractivity contribution in [2.45, 2.75) is 31.0 Å². The number of halogens is 3. The molecule has 0 saturated carbocycles. The summed E-state index contributed by atoms with van der Waals surface area (Å²) in [5.41, 5.74) is 2.56. The second kappa shape index (κ2) is 7.75. The number of aromatic nitrogens is 2. The van der Waals surface area contributed by atoms with Crippen LogP contribution < -0.4 is 5.43 Å². The molecule has 170 valence electrons. The molecule has 1 unspecified atom stereocenters. The van der Waals surface area contributed by atoms with E-state index in [1.54, 1.807) is 0 Å². The highest BCUT2D eigenvalue weighted by Crippen LogP contribution is 2.44. The van der Waals surface area contributed by atoms with E-state index in [1.807, 2.05) is 48.5 Å². The van der Waals surface area contributed by atoms with Gasteiger partial charge in [-0.1, -0.05) is 48.5 Å². The molecule has 9 heteroatoms. The lowest BCUT2D eigenvalue weighted by Crippen LogP contribution is -2.50. The van der Waals surface area contributed by atoms with Crippen LogP contribution in [0.2, 0.25) is 0 Å². The first-order chi connectivity index (χ1) is 15.7. The molecule has 6 nitrogen and oxygen atoms in total. The molecule has 1 N–H and O–H groups in total. The molecule has 1 atom stereocenters. The maximum Gasteiger partial charge on any atom is 0.406 e. The average molecular weight is 455 g/mol. The van der Waals surface area contributed by atoms with Gasteiger partial charge in [-0.2, -0.15) is 18.3 Å². The Hall–Kier alpha value is -3.62. The minimum absolute atomic E-state index is 0.270. The Labute approximate surface area is 186 Å². The molecular weight excluding hydrogens is 435 g/mol. The van der Waals surface area contributed by atoms with Gasteiger partial charge in [0.1, 0.15) is 6.54 Å². The van der Waals surface area contributed by atoms with Gasteiger partial charge >= 0.3 is 6.18 Å². The van der Waals surface area contributed by atoms with Gasteiger partial charge in [0.2, 0.25) is 5.43 Å². The summed E-state index contributed by atoms with van der Waals surface area (Å²) >= 11 is 0. The number of nitrogens with zero attached hydrogens (tertiary/aromatic N) is 3. The van der Waals surface area contributed by atoms with Crippen molar-refractivity contribution in [2.75, 3.05) is 13.1 Å². The summed E-state index contributed by atoms with van der Waals surface area (Å²) in [6.45, 7) is -1.76. The van der Waals surface area contributed by atoms with E-state index in [1.165, 1.54) is 4.68 Å². The third-order valence-electron chi connectivity index (χ3n) is 6.40. The van der Waals surface area contributed by atoms with Gasteiger partial charge in [0.05, 0.1) is 12.2 Å². The Morgan fingerprint density at radius 1 is 0.970 bits per heavy atom. The number of benzene rings is 2. The van der Waals surface area contributed by atoms with E-state index in [-0.39, 0.29) is 6.54 Å². The second-order valence-electron chi connectivity index (χ2n) is 8.39. The monoisotopic (exact) mass is 455 g/mol. The first kappa shape index (κ1) is 21.2. The largest absolute Gasteiger partial charge is 0.502 e. The van der Waals surface area contributed by atoms with Crippen LogP contribution in [0.1, 0.15) is 44.7 Å². The summed E-state index contributed by atoms with van der Waals surface area (Å²) in [7, 11) is 0. The number of amides is 1. The first-order valence-electron chi connectivity index (χ1n) is 10.6. The molecule has 1 aromatic heterocycles. The van der Waals surface area contributed by atoms with E-state index >= 15 is 0 Å². The molecule has 0 fully saturated rings. The molecule has 1 amide bonds. The van der Waals surface area contributed by atoms with Crippen LogP contribution in [0.25, 0.3) is 0 Å². The normalized spacial score (nSPS) is 18.3. The quantitative estimate of drug-likeness (QED) is 0.643. The van der Waals surface area contributed by atoms with Gasteiger partial charge in [0, 0.05) is 12.5 Å². The zero-order chi connectivity index (χ0) is 23.3. The SMILES string of the molecule is O=C1c2c(O)c(=O)cnn2C(C2c3ccccc3CCc3ccccc32)CN1CC(F)(F)F. The predicted molar refractivity (Wildman–Crippen MR) is 113 cm³/mol. The molecule has 0 saturated heterocycles. The third kappa shape index (κ3) is 3.67. The van der Waals surface area contributed by atoms with E-state index in [2.05, 4.69) is 5.10 Å². The molecule has 3 aromatic rings. The molecular formula is C24H20F3N3O3. The summed E-state index contributed by atoms with van der Waals surface area (Å²) in [6, 6.07) is 14.7. The van der Waals surface area contributed by atoms with Gasteiger partial charge in [-0.05, 0) is 35.1 Å². The van der Waals surface area contributed by atoms with Crippen molar-refractivity contribution >= 4 is 5.91 Å². The maximum absolute atomic E-state index is 13.3. The fourth-order valence-electron chi connectivity index (χ4n) is 5.03. The zero-order valence-electron chi connectivity index (χ0n) is 17.4. The summed E-state index contributed by atoms with van der Waals surface area (Å²) in [5, 5.41) is 14.5. The topological polar surface area (TPSA) is 75.4 Å². The lowest BCUT2D eigenvalue weighted by atomic mass is 9.81. The van der Waals surface area contributed by atoms with Crippen LogP contribution in [-0.4, -0.2) is 45.0 Å². The minimum Gasteiger partial charge on any atom is -0.502 e. The zero-order valence-corrected chi connectivity index (χ0v) is 17.4.